The van der Waals surface area contributed by atoms with Crippen LogP contribution in [0.1, 0.15) is 57.2 Å². The third-order valence-corrected chi connectivity index (χ3v) is 4.65. The number of ether oxygens (including phenoxy) is 3. The average molecular weight is 450 g/mol. The quantitative estimate of drug-likeness (QED) is 0.544. The first-order valence-corrected chi connectivity index (χ1v) is 10.2. The van der Waals surface area contributed by atoms with Crippen molar-refractivity contribution in [1.82, 2.24) is 4.98 Å². The molecule has 0 aliphatic carbocycles. The van der Waals surface area contributed by atoms with Gasteiger partial charge in [-0.05, 0) is 52.3 Å². The molecule has 1 N–H and O–H groups in total. The minimum Gasteiger partial charge on any atom is -0.475 e. The Balaban J connectivity index is 2.25. The van der Waals surface area contributed by atoms with E-state index in [0.717, 1.165) is 6.07 Å². The molecule has 0 amide bonds. The first-order valence-electron chi connectivity index (χ1n) is 10.2. The lowest BCUT2D eigenvalue weighted by Crippen LogP contribution is -2.26. The summed E-state index contributed by atoms with van der Waals surface area (Å²) in [4.78, 5) is 16.6. The van der Waals surface area contributed by atoms with Crippen LogP contribution in [-0.4, -0.2) is 23.3 Å². The van der Waals surface area contributed by atoms with Crippen molar-refractivity contribution in [2.75, 3.05) is 5.32 Å². The predicted molar refractivity (Wildman–Crippen MR) is 112 cm³/mol. The molecular formula is C23H25F3N2O4. The van der Waals surface area contributed by atoms with Gasteiger partial charge in [-0.2, -0.15) is 13.2 Å². The van der Waals surface area contributed by atoms with Crippen LogP contribution < -0.4 is 10.1 Å². The number of rotatable bonds is 5. The largest absolute Gasteiger partial charge is 0.513 e. The van der Waals surface area contributed by atoms with Crippen molar-refractivity contribution in [3.05, 3.63) is 64.7 Å². The molecule has 1 aromatic heterocycles. The molecule has 32 heavy (non-hydrogen) atoms. The van der Waals surface area contributed by atoms with E-state index in [4.69, 9.17) is 14.2 Å². The fourth-order valence-electron chi connectivity index (χ4n) is 3.52. The summed E-state index contributed by atoms with van der Waals surface area (Å²) in [7, 11) is 0. The standard InChI is InChI=1S/C23H25F3N2O4/c1-12(2)30-21-19-17(10-11-27-21)28-14(5)20(32-22(29)31-13(3)4)18(19)15-8-6-7-9-16(15)23(24,25)26/h6-13,18,28H,1-5H3. The van der Waals surface area contributed by atoms with Crippen LogP contribution in [0.15, 0.2) is 48.0 Å². The molecule has 1 atom stereocenters. The molecule has 2 heterocycles. The van der Waals surface area contributed by atoms with Crippen LogP contribution in [0, 0.1) is 0 Å². The Bertz CT molecular complexity index is 1030. The third kappa shape index (κ3) is 4.98. The van der Waals surface area contributed by atoms with Gasteiger partial charge in [0.25, 0.3) is 0 Å². The highest BCUT2D eigenvalue weighted by molar-refractivity contribution is 5.70. The molecule has 2 aromatic rings. The zero-order valence-electron chi connectivity index (χ0n) is 18.4. The number of aromatic nitrogens is 1. The maximum atomic E-state index is 13.9. The SMILES string of the molecule is CC1=C(OC(=O)OC(C)C)C(c2ccccc2C(F)(F)F)c2c(ccnc2OC(C)C)N1. The van der Waals surface area contributed by atoms with Crippen molar-refractivity contribution in [3.63, 3.8) is 0 Å². The van der Waals surface area contributed by atoms with Gasteiger partial charge in [-0.3, -0.25) is 0 Å². The predicted octanol–water partition coefficient (Wildman–Crippen LogP) is 6.24. The van der Waals surface area contributed by atoms with E-state index in [2.05, 4.69) is 10.3 Å². The number of alkyl halides is 3. The van der Waals surface area contributed by atoms with E-state index < -0.39 is 29.9 Å². The van der Waals surface area contributed by atoms with E-state index in [1.165, 1.54) is 24.4 Å². The molecule has 0 spiro atoms. The molecule has 0 radical (unpaired) electrons. The summed E-state index contributed by atoms with van der Waals surface area (Å²) in [6.45, 7) is 8.48. The lowest BCUT2D eigenvalue weighted by molar-refractivity contribution is -0.138. The Labute approximate surface area is 184 Å². The van der Waals surface area contributed by atoms with Crippen molar-refractivity contribution < 1.29 is 32.2 Å². The van der Waals surface area contributed by atoms with Crippen molar-refractivity contribution in [2.45, 2.75) is 58.9 Å². The van der Waals surface area contributed by atoms with E-state index in [-0.39, 0.29) is 23.3 Å². The zero-order chi connectivity index (χ0) is 23.6. The molecule has 1 aliphatic heterocycles. The minimum absolute atomic E-state index is 0.0125. The molecule has 1 unspecified atom stereocenters. The lowest BCUT2D eigenvalue weighted by atomic mass is 9.83. The number of halogens is 3. The van der Waals surface area contributed by atoms with Crippen molar-refractivity contribution in [2.24, 2.45) is 0 Å². The number of nitrogens with zero attached hydrogens (tertiary/aromatic N) is 1. The summed E-state index contributed by atoms with van der Waals surface area (Å²) in [6.07, 6.45) is -4.88. The highest BCUT2D eigenvalue weighted by Crippen LogP contribution is 2.49. The summed E-state index contributed by atoms with van der Waals surface area (Å²) < 4.78 is 58.2. The number of anilines is 1. The molecule has 9 heteroatoms. The molecule has 3 rings (SSSR count). The fraction of sp³-hybridized carbons (Fsp3) is 0.391. The molecule has 1 aliphatic rings. The highest BCUT2D eigenvalue weighted by atomic mass is 19.4. The molecule has 1 aromatic carbocycles. The Morgan fingerprint density at radius 1 is 1.09 bits per heavy atom. The summed E-state index contributed by atoms with van der Waals surface area (Å²) >= 11 is 0. The molecule has 0 saturated carbocycles. The van der Waals surface area contributed by atoms with Gasteiger partial charge in [0, 0.05) is 11.9 Å². The second-order valence-electron chi connectivity index (χ2n) is 7.89. The monoisotopic (exact) mass is 450 g/mol. The molecule has 0 fully saturated rings. The van der Waals surface area contributed by atoms with E-state index in [1.54, 1.807) is 40.7 Å². The normalized spacial score (nSPS) is 16.0. The van der Waals surface area contributed by atoms with Gasteiger partial charge in [0.05, 0.1) is 34.9 Å². The van der Waals surface area contributed by atoms with Gasteiger partial charge >= 0.3 is 12.3 Å². The van der Waals surface area contributed by atoms with Crippen LogP contribution in [-0.2, 0) is 15.7 Å². The summed E-state index contributed by atoms with van der Waals surface area (Å²) in [5.41, 5.74) is 0.303. The van der Waals surface area contributed by atoms with Crippen molar-refractivity contribution in [3.8, 4) is 5.88 Å². The number of carbonyl (C=O) groups is 1. The molecule has 0 bridgehead atoms. The van der Waals surface area contributed by atoms with Gasteiger partial charge in [-0.15, -0.1) is 0 Å². The summed E-state index contributed by atoms with van der Waals surface area (Å²) in [5, 5.41) is 3.09. The highest BCUT2D eigenvalue weighted by Gasteiger charge is 2.41. The Morgan fingerprint density at radius 3 is 2.41 bits per heavy atom. The van der Waals surface area contributed by atoms with Crippen LogP contribution in [0.25, 0.3) is 0 Å². The van der Waals surface area contributed by atoms with Crippen LogP contribution in [0.2, 0.25) is 0 Å². The lowest BCUT2D eigenvalue weighted by Gasteiger charge is -2.32. The second-order valence-corrected chi connectivity index (χ2v) is 7.89. The maximum absolute atomic E-state index is 13.9. The first kappa shape index (κ1) is 23.4. The van der Waals surface area contributed by atoms with E-state index in [0.29, 0.717) is 16.9 Å². The number of nitrogens with one attached hydrogen (secondary N) is 1. The fourth-order valence-corrected chi connectivity index (χ4v) is 3.52. The molecule has 6 nitrogen and oxygen atoms in total. The summed E-state index contributed by atoms with van der Waals surface area (Å²) in [6, 6.07) is 6.81. The third-order valence-electron chi connectivity index (χ3n) is 4.65. The van der Waals surface area contributed by atoms with Gasteiger partial charge < -0.3 is 19.5 Å². The van der Waals surface area contributed by atoms with Crippen LogP contribution in [0.4, 0.5) is 23.7 Å². The first-order chi connectivity index (χ1) is 15.0. The van der Waals surface area contributed by atoms with Gasteiger partial charge in [0.15, 0.2) is 0 Å². The second kappa shape index (κ2) is 9.10. The number of fused-ring (bicyclic) bond motifs is 1. The Hall–Kier alpha value is -3.23. The van der Waals surface area contributed by atoms with Gasteiger partial charge in [0.1, 0.15) is 5.76 Å². The zero-order valence-corrected chi connectivity index (χ0v) is 18.4. The minimum atomic E-state index is -4.62. The number of carbonyl (C=O) groups excluding carboxylic acids is 1. The summed E-state index contributed by atoms with van der Waals surface area (Å²) in [5.74, 6) is -0.967. The Kier molecular flexibility index (Phi) is 6.66. The number of hydrogen-bond acceptors (Lipinski definition) is 6. The van der Waals surface area contributed by atoms with Crippen molar-refractivity contribution in [1.29, 1.82) is 0 Å². The topological polar surface area (TPSA) is 69.7 Å². The molecule has 172 valence electrons. The van der Waals surface area contributed by atoms with E-state index in [9.17, 15) is 18.0 Å². The Morgan fingerprint density at radius 2 is 1.78 bits per heavy atom. The van der Waals surface area contributed by atoms with Crippen molar-refractivity contribution >= 4 is 11.8 Å². The van der Waals surface area contributed by atoms with Crippen LogP contribution in [0.3, 0.4) is 0 Å². The maximum Gasteiger partial charge on any atom is 0.513 e. The van der Waals surface area contributed by atoms with Crippen LogP contribution >= 0.6 is 0 Å². The van der Waals surface area contributed by atoms with Gasteiger partial charge in [0.2, 0.25) is 5.88 Å². The van der Waals surface area contributed by atoms with E-state index >= 15 is 0 Å². The number of allylic oxidation sites excluding steroid dienone is 2. The molecule has 0 saturated heterocycles. The average Bonchev–Trinajstić information content (AvgIpc) is 2.67. The van der Waals surface area contributed by atoms with Crippen LogP contribution in [0.5, 0.6) is 5.88 Å². The number of pyridine rings is 1. The van der Waals surface area contributed by atoms with Gasteiger partial charge in [-0.25, -0.2) is 9.78 Å². The molecular weight excluding hydrogens is 425 g/mol. The van der Waals surface area contributed by atoms with Gasteiger partial charge in [-0.1, -0.05) is 18.2 Å². The number of hydrogen-bond donors (Lipinski definition) is 1. The van der Waals surface area contributed by atoms with E-state index in [1.807, 2.05) is 0 Å². The smallest absolute Gasteiger partial charge is 0.475 e. The number of benzene rings is 1.